The lowest BCUT2D eigenvalue weighted by Crippen LogP contribution is -2.11. The highest BCUT2D eigenvalue weighted by Gasteiger charge is 2.07. The van der Waals surface area contributed by atoms with Gasteiger partial charge in [0.2, 0.25) is 0 Å². The maximum atomic E-state index is 12.0. The third kappa shape index (κ3) is 3.12. The number of hydrogen-bond acceptors (Lipinski definition) is 1. The van der Waals surface area contributed by atoms with Gasteiger partial charge < -0.3 is 5.32 Å². The molecule has 0 spiro atoms. The second-order valence-corrected chi connectivity index (χ2v) is 5.22. The van der Waals surface area contributed by atoms with Crippen molar-refractivity contribution in [3.05, 3.63) is 63.1 Å². The maximum absolute atomic E-state index is 12.0. The van der Waals surface area contributed by atoms with Crippen LogP contribution in [0.4, 0.5) is 5.69 Å². The van der Waals surface area contributed by atoms with Gasteiger partial charge in [0.15, 0.2) is 0 Å². The Morgan fingerprint density at radius 2 is 2.00 bits per heavy atom. The van der Waals surface area contributed by atoms with Gasteiger partial charge in [-0.15, -0.1) is 0 Å². The molecule has 0 fully saturated rings. The Balaban J connectivity index is 2.18. The highest BCUT2D eigenvalue weighted by molar-refractivity contribution is 9.10. The molecule has 0 aliphatic heterocycles. The zero-order chi connectivity index (χ0) is 13.1. The number of benzene rings is 2. The number of aryl methyl sites for hydroxylation is 1. The van der Waals surface area contributed by atoms with Gasteiger partial charge in [0.1, 0.15) is 0 Å². The fraction of sp³-hybridized carbons (Fsp3) is 0.0714. The van der Waals surface area contributed by atoms with Crippen LogP contribution >= 0.6 is 27.5 Å². The first kappa shape index (κ1) is 13.1. The van der Waals surface area contributed by atoms with E-state index in [-0.39, 0.29) is 5.91 Å². The molecular formula is C14H11BrClNO. The van der Waals surface area contributed by atoms with E-state index in [0.717, 1.165) is 15.7 Å². The van der Waals surface area contributed by atoms with Crippen molar-refractivity contribution in [1.82, 2.24) is 0 Å². The lowest BCUT2D eigenvalue weighted by molar-refractivity contribution is 0.102. The standard InChI is InChI=1S/C14H11BrClNO/c1-9-5-6-12(8-13(9)15)17-14(18)10-3-2-4-11(16)7-10/h2-8H,1H3,(H,17,18). The van der Waals surface area contributed by atoms with E-state index in [1.54, 1.807) is 24.3 Å². The van der Waals surface area contributed by atoms with Crippen molar-refractivity contribution in [2.24, 2.45) is 0 Å². The van der Waals surface area contributed by atoms with E-state index in [2.05, 4.69) is 21.2 Å². The van der Waals surface area contributed by atoms with Gasteiger partial charge in [0.25, 0.3) is 5.91 Å². The summed E-state index contributed by atoms with van der Waals surface area (Å²) in [6, 6.07) is 12.5. The summed E-state index contributed by atoms with van der Waals surface area (Å²) in [7, 11) is 0. The second kappa shape index (κ2) is 5.55. The van der Waals surface area contributed by atoms with Crippen LogP contribution in [0.3, 0.4) is 0 Å². The molecule has 0 aromatic heterocycles. The number of hydrogen-bond donors (Lipinski definition) is 1. The van der Waals surface area contributed by atoms with E-state index in [4.69, 9.17) is 11.6 Å². The molecule has 18 heavy (non-hydrogen) atoms. The average molecular weight is 325 g/mol. The highest BCUT2D eigenvalue weighted by Crippen LogP contribution is 2.21. The molecule has 0 saturated carbocycles. The highest BCUT2D eigenvalue weighted by atomic mass is 79.9. The predicted molar refractivity (Wildman–Crippen MR) is 78.3 cm³/mol. The zero-order valence-electron chi connectivity index (χ0n) is 9.71. The topological polar surface area (TPSA) is 29.1 Å². The van der Waals surface area contributed by atoms with Crippen LogP contribution in [-0.4, -0.2) is 5.91 Å². The first-order valence-corrected chi connectivity index (χ1v) is 6.56. The fourth-order valence-corrected chi connectivity index (χ4v) is 2.07. The van der Waals surface area contributed by atoms with Crippen LogP contribution in [0.5, 0.6) is 0 Å². The smallest absolute Gasteiger partial charge is 0.255 e. The Morgan fingerprint density at radius 1 is 1.22 bits per heavy atom. The monoisotopic (exact) mass is 323 g/mol. The molecule has 0 aliphatic carbocycles. The van der Waals surface area contributed by atoms with Gasteiger partial charge in [-0.1, -0.05) is 39.7 Å². The normalized spacial score (nSPS) is 10.2. The number of carbonyl (C=O) groups is 1. The van der Waals surface area contributed by atoms with Crippen LogP contribution in [0.25, 0.3) is 0 Å². The molecule has 0 heterocycles. The SMILES string of the molecule is Cc1ccc(NC(=O)c2cccc(Cl)c2)cc1Br. The molecule has 0 radical (unpaired) electrons. The Labute approximate surface area is 119 Å². The number of rotatable bonds is 2. The summed E-state index contributed by atoms with van der Waals surface area (Å²) in [5.74, 6) is -0.173. The minimum absolute atomic E-state index is 0.173. The van der Waals surface area contributed by atoms with Crippen LogP contribution in [0, 0.1) is 6.92 Å². The summed E-state index contributed by atoms with van der Waals surface area (Å²) < 4.78 is 0.964. The molecule has 0 aliphatic rings. The minimum Gasteiger partial charge on any atom is -0.322 e. The van der Waals surface area contributed by atoms with Gasteiger partial charge in [0.05, 0.1) is 0 Å². The van der Waals surface area contributed by atoms with Crippen LogP contribution in [0.1, 0.15) is 15.9 Å². The van der Waals surface area contributed by atoms with Crippen molar-refractivity contribution in [1.29, 1.82) is 0 Å². The summed E-state index contributed by atoms with van der Waals surface area (Å²) in [6.07, 6.45) is 0. The van der Waals surface area contributed by atoms with Gasteiger partial charge in [-0.05, 0) is 42.8 Å². The summed E-state index contributed by atoms with van der Waals surface area (Å²) in [4.78, 5) is 12.0. The molecule has 1 N–H and O–H groups in total. The molecule has 2 nitrogen and oxygen atoms in total. The van der Waals surface area contributed by atoms with Gasteiger partial charge >= 0.3 is 0 Å². The van der Waals surface area contributed by atoms with Crippen molar-refractivity contribution in [3.63, 3.8) is 0 Å². The first-order valence-electron chi connectivity index (χ1n) is 5.39. The van der Waals surface area contributed by atoms with E-state index in [9.17, 15) is 4.79 Å². The number of nitrogens with one attached hydrogen (secondary N) is 1. The minimum atomic E-state index is -0.173. The summed E-state index contributed by atoms with van der Waals surface area (Å²) in [6.45, 7) is 1.99. The molecule has 92 valence electrons. The van der Waals surface area contributed by atoms with Crippen LogP contribution in [0.2, 0.25) is 5.02 Å². The van der Waals surface area contributed by atoms with E-state index < -0.39 is 0 Å². The third-order valence-electron chi connectivity index (χ3n) is 2.52. The molecule has 0 atom stereocenters. The lowest BCUT2D eigenvalue weighted by atomic mass is 10.2. The van der Waals surface area contributed by atoms with Crippen molar-refractivity contribution in [2.75, 3.05) is 5.32 Å². The van der Waals surface area contributed by atoms with E-state index in [1.807, 2.05) is 25.1 Å². The average Bonchev–Trinajstić information content (AvgIpc) is 2.34. The molecule has 0 saturated heterocycles. The lowest BCUT2D eigenvalue weighted by Gasteiger charge is -2.07. The van der Waals surface area contributed by atoms with Crippen molar-refractivity contribution in [2.45, 2.75) is 6.92 Å². The quantitative estimate of drug-likeness (QED) is 0.855. The molecule has 2 rings (SSSR count). The Morgan fingerprint density at radius 3 is 2.67 bits per heavy atom. The number of anilines is 1. The summed E-state index contributed by atoms with van der Waals surface area (Å²) >= 11 is 9.28. The number of amides is 1. The first-order chi connectivity index (χ1) is 8.56. The van der Waals surface area contributed by atoms with Gasteiger partial charge in [-0.2, -0.15) is 0 Å². The van der Waals surface area contributed by atoms with Gasteiger partial charge in [-0.3, -0.25) is 4.79 Å². The largest absolute Gasteiger partial charge is 0.322 e. The number of carbonyl (C=O) groups excluding carboxylic acids is 1. The zero-order valence-corrected chi connectivity index (χ0v) is 12.0. The Hall–Kier alpha value is -1.32. The molecular weight excluding hydrogens is 314 g/mol. The van der Waals surface area contributed by atoms with Gasteiger partial charge in [-0.25, -0.2) is 0 Å². The number of halogens is 2. The van der Waals surface area contributed by atoms with Crippen LogP contribution in [-0.2, 0) is 0 Å². The van der Waals surface area contributed by atoms with Crippen molar-refractivity contribution >= 4 is 39.1 Å². The molecule has 4 heteroatoms. The summed E-state index contributed by atoms with van der Waals surface area (Å²) in [5, 5.41) is 3.37. The predicted octanol–water partition coefficient (Wildman–Crippen LogP) is 4.66. The molecule has 0 bridgehead atoms. The summed E-state index contributed by atoms with van der Waals surface area (Å²) in [5.41, 5.74) is 2.41. The van der Waals surface area contributed by atoms with Crippen molar-refractivity contribution < 1.29 is 4.79 Å². The van der Waals surface area contributed by atoms with Crippen molar-refractivity contribution in [3.8, 4) is 0 Å². The van der Waals surface area contributed by atoms with Gasteiger partial charge in [0, 0.05) is 20.7 Å². The second-order valence-electron chi connectivity index (χ2n) is 3.93. The Bertz CT molecular complexity index is 598. The van der Waals surface area contributed by atoms with E-state index >= 15 is 0 Å². The molecule has 1 amide bonds. The third-order valence-corrected chi connectivity index (χ3v) is 3.61. The molecule has 0 unspecified atom stereocenters. The fourth-order valence-electron chi connectivity index (χ4n) is 1.50. The van der Waals surface area contributed by atoms with E-state index in [0.29, 0.717) is 10.6 Å². The maximum Gasteiger partial charge on any atom is 0.255 e. The Kier molecular flexibility index (Phi) is 4.04. The van der Waals surface area contributed by atoms with Crippen LogP contribution < -0.4 is 5.32 Å². The molecule has 2 aromatic rings. The van der Waals surface area contributed by atoms with Crippen LogP contribution in [0.15, 0.2) is 46.9 Å². The van der Waals surface area contributed by atoms with E-state index in [1.165, 1.54) is 0 Å². The molecule has 2 aromatic carbocycles.